The Morgan fingerprint density at radius 1 is 1.25 bits per heavy atom. The molecular weight excluding hydrogens is 424 g/mol. The smallest absolute Gasteiger partial charge is 0.310 e. The van der Waals surface area contributed by atoms with Crippen molar-refractivity contribution in [3.8, 4) is 0 Å². The van der Waals surface area contributed by atoms with E-state index >= 15 is 0 Å². The topological polar surface area (TPSA) is 96.0 Å². The third-order valence-electron chi connectivity index (χ3n) is 5.22. The third-order valence-corrected chi connectivity index (χ3v) is 5.22. The number of ether oxygens (including phenoxy) is 1. The molecule has 10 heteroatoms. The molecule has 1 aromatic carbocycles. The Kier molecular flexibility index (Phi) is 9.55. The Labute approximate surface area is 185 Å². The molecule has 1 unspecified atom stereocenters. The molecule has 176 valence electrons. The molecule has 3 amide bonds. The van der Waals surface area contributed by atoms with E-state index in [0.717, 1.165) is 12.1 Å². The number of hydrogen-bond donors (Lipinski definition) is 1. The summed E-state index contributed by atoms with van der Waals surface area (Å²) in [7, 11) is 1.51. The number of benzene rings is 1. The van der Waals surface area contributed by atoms with Crippen molar-refractivity contribution in [1.82, 2.24) is 15.1 Å². The normalized spacial score (nSPS) is 15.8. The molecule has 0 spiro atoms. The van der Waals surface area contributed by atoms with Crippen LogP contribution in [0.1, 0.15) is 43.0 Å². The summed E-state index contributed by atoms with van der Waals surface area (Å²) in [4.78, 5) is 51.6. The maximum absolute atomic E-state index is 13.6. The number of carbonyl (C=O) groups excluding carboxylic acids is 4. The molecule has 0 radical (unpaired) electrons. The van der Waals surface area contributed by atoms with Gasteiger partial charge < -0.3 is 19.9 Å². The first kappa shape index (κ1) is 25.2. The maximum atomic E-state index is 13.6. The van der Waals surface area contributed by atoms with Gasteiger partial charge in [-0.25, -0.2) is 8.78 Å². The average molecular weight is 453 g/mol. The largest absolute Gasteiger partial charge is 0.466 e. The number of nitrogens with one attached hydrogen (secondary N) is 1. The van der Waals surface area contributed by atoms with Gasteiger partial charge in [-0.2, -0.15) is 0 Å². The van der Waals surface area contributed by atoms with Gasteiger partial charge in [0.2, 0.25) is 11.8 Å². The molecular formula is C22H29F2N3O5. The zero-order valence-electron chi connectivity index (χ0n) is 18.4. The number of carbonyl (C=O) groups is 4. The summed E-state index contributed by atoms with van der Waals surface area (Å²) in [6, 6.07) is 2.67. The van der Waals surface area contributed by atoms with Crippen LogP contribution >= 0.6 is 0 Å². The van der Waals surface area contributed by atoms with Crippen LogP contribution < -0.4 is 5.32 Å². The molecule has 0 aromatic heterocycles. The van der Waals surface area contributed by atoms with E-state index in [1.165, 1.54) is 11.9 Å². The van der Waals surface area contributed by atoms with Crippen molar-refractivity contribution in [2.24, 2.45) is 5.92 Å². The van der Waals surface area contributed by atoms with Crippen LogP contribution in [0.15, 0.2) is 18.2 Å². The second-order valence-electron chi connectivity index (χ2n) is 7.66. The monoisotopic (exact) mass is 453 g/mol. The number of rotatable bonds is 9. The van der Waals surface area contributed by atoms with Crippen LogP contribution in [0, 0.1) is 17.6 Å². The van der Waals surface area contributed by atoms with Gasteiger partial charge in [0.25, 0.3) is 5.91 Å². The second-order valence-corrected chi connectivity index (χ2v) is 7.66. The lowest BCUT2D eigenvalue weighted by Crippen LogP contribution is -2.47. The molecule has 2 rings (SSSR count). The van der Waals surface area contributed by atoms with Gasteiger partial charge >= 0.3 is 5.97 Å². The summed E-state index contributed by atoms with van der Waals surface area (Å²) in [5, 5.41) is 2.48. The lowest BCUT2D eigenvalue weighted by atomic mass is 9.98. The second kappa shape index (κ2) is 12.1. The van der Waals surface area contributed by atoms with Crippen LogP contribution in [0.3, 0.4) is 0 Å². The van der Waals surface area contributed by atoms with Crippen molar-refractivity contribution >= 4 is 23.7 Å². The predicted molar refractivity (Wildman–Crippen MR) is 111 cm³/mol. The Balaban J connectivity index is 1.72. The number of halogens is 2. The van der Waals surface area contributed by atoms with Gasteiger partial charge in [-0.1, -0.05) is 0 Å². The van der Waals surface area contributed by atoms with Crippen LogP contribution in [0.4, 0.5) is 8.78 Å². The average Bonchev–Trinajstić information content (AvgIpc) is 2.76. The Hall–Kier alpha value is -3.04. The minimum atomic E-state index is -0.959. The van der Waals surface area contributed by atoms with Crippen molar-refractivity contribution < 1.29 is 32.7 Å². The Morgan fingerprint density at radius 3 is 2.69 bits per heavy atom. The predicted octanol–water partition coefficient (Wildman–Crippen LogP) is 1.73. The lowest BCUT2D eigenvalue weighted by Gasteiger charge is -2.32. The number of piperidine rings is 1. The molecule has 1 aliphatic rings. The zero-order valence-corrected chi connectivity index (χ0v) is 18.4. The fraction of sp³-hybridized carbons (Fsp3) is 0.545. The van der Waals surface area contributed by atoms with Crippen molar-refractivity contribution in [3.63, 3.8) is 0 Å². The highest BCUT2D eigenvalue weighted by molar-refractivity contribution is 5.94. The van der Waals surface area contributed by atoms with E-state index in [1.54, 1.807) is 11.8 Å². The van der Waals surface area contributed by atoms with Crippen molar-refractivity contribution in [1.29, 1.82) is 0 Å². The van der Waals surface area contributed by atoms with Gasteiger partial charge in [0.15, 0.2) is 0 Å². The van der Waals surface area contributed by atoms with Gasteiger partial charge in [0, 0.05) is 39.2 Å². The Morgan fingerprint density at radius 2 is 2.00 bits per heavy atom. The minimum Gasteiger partial charge on any atom is -0.466 e. The molecule has 0 saturated carbocycles. The highest BCUT2D eigenvalue weighted by atomic mass is 19.1. The van der Waals surface area contributed by atoms with E-state index in [2.05, 4.69) is 5.32 Å². The van der Waals surface area contributed by atoms with Gasteiger partial charge in [-0.15, -0.1) is 0 Å². The molecule has 1 saturated heterocycles. The van der Waals surface area contributed by atoms with Crippen LogP contribution in [0.5, 0.6) is 0 Å². The van der Waals surface area contributed by atoms with Gasteiger partial charge in [0.05, 0.1) is 24.6 Å². The zero-order chi connectivity index (χ0) is 23.7. The van der Waals surface area contributed by atoms with Gasteiger partial charge in [-0.3, -0.25) is 19.2 Å². The standard InChI is InChI=1S/C22H29F2N3O5/c1-3-32-22(31)15-6-5-11-27(13-15)20(29)14-26(2)19(28)7-4-10-25-21(30)17-9-8-16(23)12-18(17)24/h8-9,12,15H,3-7,10-11,13-14H2,1-2H3,(H,25,30). The summed E-state index contributed by atoms with van der Waals surface area (Å²) < 4.78 is 31.5. The minimum absolute atomic E-state index is 0.0847. The first-order valence-corrected chi connectivity index (χ1v) is 10.6. The summed E-state index contributed by atoms with van der Waals surface area (Å²) in [5.41, 5.74) is -0.275. The van der Waals surface area contributed by atoms with Crippen LogP contribution in [-0.2, 0) is 19.1 Å². The quantitative estimate of drug-likeness (QED) is 0.454. The summed E-state index contributed by atoms with van der Waals surface area (Å²) in [6.45, 7) is 2.85. The van der Waals surface area contributed by atoms with E-state index < -0.39 is 17.5 Å². The third kappa shape index (κ3) is 7.28. The molecule has 1 aromatic rings. The van der Waals surface area contributed by atoms with E-state index in [-0.39, 0.29) is 55.3 Å². The molecule has 0 bridgehead atoms. The maximum Gasteiger partial charge on any atom is 0.310 e. The number of likely N-dealkylation sites (tertiary alicyclic amines) is 1. The van der Waals surface area contributed by atoms with Crippen LogP contribution in [-0.4, -0.2) is 73.3 Å². The van der Waals surface area contributed by atoms with E-state index in [4.69, 9.17) is 4.74 Å². The van der Waals surface area contributed by atoms with E-state index in [0.29, 0.717) is 38.5 Å². The SMILES string of the molecule is CCOC(=O)C1CCCN(C(=O)CN(C)C(=O)CCCNC(=O)c2ccc(F)cc2F)C1. The molecule has 1 fully saturated rings. The number of amides is 3. The number of esters is 1. The number of hydrogen-bond acceptors (Lipinski definition) is 5. The first-order chi connectivity index (χ1) is 15.2. The molecule has 32 heavy (non-hydrogen) atoms. The van der Waals surface area contributed by atoms with Gasteiger partial charge in [0.1, 0.15) is 11.6 Å². The van der Waals surface area contributed by atoms with Gasteiger partial charge in [-0.05, 0) is 38.3 Å². The lowest BCUT2D eigenvalue weighted by molar-refractivity contribution is -0.152. The summed E-state index contributed by atoms with van der Waals surface area (Å²) in [6.07, 6.45) is 1.74. The van der Waals surface area contributed by atoms with E-state index in [9.17, 15) is 28.0 Å². The Bertz CT molecular complexity index is 849. The molecule has 1 heterocycles. The number of nitrogens with zero attached hydrogens (tertiary/aromatic N) is 2. The summed E-state index contributed by atoms with van der Waals surface area (Å²) >= 11 is 0. The molecule has 0 aliphatic carbocycles. The highest BCUT2D eigenvalue weighted by Gasteiger charge is 2.30. The number of likely N-dealkylation sites (N-methyl/N-ethyl adjacent to an activating group) is 1. The van der Waals surface area contributed by atoms with Crippen molar-refractivity contribution in [2.45, 2.75) is 32.6 Å². The molecule has 1 atom stereocenters. The molecule has 1 N–H and O–H groups in total. The molecule has 8 nitrogen and oxygen atoms in total. The summed E-state index contributed by atoms with van der Waals surface area (Å²) in [5.74, 6) is -3.60. The highest BCUT2D eigenvalue weighted by Crippen LogP contribution is 2.18. The van der Waals surface area contributed by atoms with Crippen LogP contribution in [0.2, 0.25) is 0 Å². The van der Waals surface area contributed by atoms with Crippen molar-refractivity contribution in [2.75, 3.05) is 39.8 Å². The fourth-order valence-corrected chi connectivity index (χ4v) is 3.45. The fourth-order valence-electron chi connectivity index (χ4n) is 3.45. The molecule has 1 aliphatic heterocycles. The van der Waals surface area contributed by atoms with Crippen molar-refractivity contribution in [3.05, 3.63) is 35.4 Å². The van der Waals surface area contributed by atoms with E-state index in [1.807, 2.05) is 0 Å². The first-order valence-electron chi connectivity index (χ1n) is 10.6. The van der Waals surface area contributed by atoms with Crippen LogP contribution in [0.25, 0.3) is 0 Å².